The molecule has 10 rings (SSSR count). The minimum absolute atomic E-state index is 0.563. The highest BCUT2D eigenvalue weighted by Gasteiger charge is 2.18. The van der Waals surface area contributed by atoms with E-state index in [1.807, 2.05) is 36.4 Å². The molecule has 0 unspecified atom stereocenters. The molecule has 2 aromatic heterocycles. The highest BCUT2D eigenvalue weighted by atomic mass is 16.3. The molecule has 0 aliphatic rings. The average Bonchev–Trinajstić information content (AvgIpc) is 3.63. The average molecular weight is 678 g/mol. The molecule has 0 N–H and O–H groups in total. The van der Waals surface area contributed by atoms with Crippen LogP contribution in [0, 0.1) is 0 Å². The third-order valence-corrected chi connectivity index (χ3v) is 9.95. The summed E-state index contributed by atoms with van der Waals surface area (Å²) >= 11 is 0. The molecule has 0 aliphatic carbocycles. The Bertz CT molecular complexity index is 2910. The minimum Gasteiger partial charge on any atom is -0.455 e. The number of benzene rings is 8. The molecular weight excluding hydrogens is 647 g/mol. The van der Waals surface area contributed by atoms with Gasteiger partial charge in [0.1, 0.15) is 11.2 Å². The molecule has 4 heteroatoms. The summed E-state index contributed by atoms with van der Waals surface area (Å²) in [4.78, 5) is 15.2. The van der Waals surface area contributed by atoms with Gasteiger partial charge in [-0.1, -0.05) is 164 Å². The Morgan fingerprint density at radius 1 is 0.302 bits per heavy atom. The van der Waals surface area contributed by atoms with Crippen LogP contribution in [0.15, 0.2) is 192 Å². The molecule has 0 radical (unpaired) electrons. The molecule has 0 atom stereocenters. The summed E-state index contributed by atoms with van der Waals surface area (Å²) in [6.07, 6.45) is 0. The maximum absolute atomic E-state index is 6.43. The fourth-order valence-electron chi connectivity index (χ4n) is 7.27. The second-order valence-electron chi connectivity index (χ2n) is 13.2. The standard InChI is InChI=1S/C49H31N3O/c1-3-12-32(13-4-1)33-22-26-36(27-23-33)47-50-48(52-49(51-47)43-20-11-19-42-41-18-9-10-21-45(41)53-46(42)43)37-28-24-34(25-29-37)39-30-38-16-7-8-17-40(38)44(31-39)35-14-5-2-6-15-35/h1-31H. The van der Waals surface area contributed by atoms with Crippen LogP contribution in [0.4, 0.5) is 0 Å². The van der Waals surface area contributed by atoms with E-state index in [9.17, 15) is 0 Å². The summed E-state index contributed by atoms with van der Waals surface area (Å²) in [5, 5.41) is 4.54. The van der Waals surface area contributed by atoms with Crippen molar-refractivity contribution in [2.75, 3.05) is 0 Å². The Labute approximate surface area is 306 Å². The van der Waals surface area contributed by atoms with Crippen LogP contribution in [0.1, 0.15) is 0 Å². The highest BCUT2D eigenvalue weighted by molar-refractivity contribution is 6.09. The van der Waals surface area contributed by atoms with Gasteiger partial charge in [0.2, 0.25) is 0 Å². The van der Waals surface area contributed by atoms with Crippen LogP contribution in [0.2, 0.25) is 0 Å². The van der Waals surface area contributed by atoms with Gasteiger partial charge in [0.25, 0.3) is 0 Å². The van der Waals surface area contributed by atoms with E-state index in [0.717, 1.165) is 60.9 Å². The van der Waals surface area contributed by atoms with Crippen LogP contribution in [0.25, 0.3) is 100 Å². The van der Waals surface area contributed by atoms with Crippen molar-refractivity contribution in [1.29, 1.82) is 0 Å². The van der Waals surface area contributed by atoms with Crippen molar-refractivity contribution >= 4 is 32.7 Å². The van der Waals surface area contributed by atoms with Crippen molar-refractivity contribution in [2.45, 2.75) is 0 Å². The van der Waals surface area contributed by atoms with Gasteiger partial charge in [-0.15, -0.1) is 0 Å². The molecule has 10 aromatic rings. The van der Waals surface area contributed by atoms with Crippen molar-refractivity contribution in [3.8, 4) is 67.5 Å². The lowest BCUT2D eigenvalue weighted by Gasteiger charge is -2.12. The maximum atomic E-state index is 6.43. The molecular formula is C49H31N3O. The molecule has 4 nitrogen and oxygen atoms in total. The molecule has 248 valence electrons. The van der Waals surface area contributed by atoms with Crippen molar-refractivity contribution in [2.24, 2.45) is 0 Å². The number of para-hydroxylation sites is 2. The van der Waals surface area contributed by atoms with Crippen LogP contribution in [0.5, 0.6) is 0 Å². The lowest BCUT2D eigenvalue weighted by molar-refractivity contribution is 0.669. The number of rotatable bonds is 6. The van der Waals surface area contributed by atoms with Crippen LogP contribution in [-0.4, -0.2) is 15.0 Å². The fraction of sp³-hybridized carbons (Fsp3) is 0. The van der Waals surface area contributed by atoms with E-state index >= 15 is 0 Å². The number of hydrogen-bond donors (Lipinski definition) is 0. The smallest absolute Gasteiger partial charge is 0.167 e. The van der Waals surface area contributed by atoms with Gasteiger partial charge in [-0.05, 0) is 68.4 Å². The van der Waals surface area contributed by atoms with Crippen molar-refractivity contribution < 1.29 is 4.42 Å². The summed E-state index contributed by atoms with van der Waals surface area (Å²) in [7, 11) is 0. The third kappa shape index (κ3) is 5.63. The van der Waals surface area contributed by atoms with Gasteiger partial charge in [0.05, 0.1) is 5.56 Å². The molecule has 53 heavy (non-hydrogen) atoms. The number of aromatic nitrogens is 3. The monoisotopic (exact) mass is 677 g/mol. The topological polar surface area (TPSA) is 51.8 Å². The van der Waals surface area contributed by atoms with Gasteiger partial charge in [0.15, 0.2) is 17.5 Å². The summed E-state index contributed by atoms with van der Waals surface area (Å²) < 4.78 is 6.43. The zero-order valence-electron chi connectivity index (χ0n) is 28.6. The number of furan rings is 1. The van der Waals surface area contributed by atoms with Crippen molar-refractivity contribution in [3.05, 3.63) is 188 Å². The Hall–Kier alpha value is -7.17. The first-order valence-electron chi connectivity index (χ1n) is 17.8. The van der Waals surface area contributed by atoms with Gasteiger partial charge in [-0.3, -0.25) is 0 Å². The molecule has 0 saturated heterocycles. The van der Waals surface area contributed by atoms with E-state index in [0.29, 0.717) is 17.5 Å². The van der Waals surface area contributed by atoms with Crippen molar-refractivity contribution in [1.82, 2.24) is 15.0 Å². The molecule has 0 saturated carbocycles. The van der Waals surface area contributed by atoms with Gasteiger partial charge in [-0.25, -0.2) is 15.0 Å². The van der Waals surface area contributed by atoms with Crippen LogP contribution < -0.4 is 0 Å². The largest absolute Gasteiger partial charge is 0.455 e. The van der Waals surface area contributed by atoms with Crippen molar-refractivity contribution in [3.63, 3.8) is 0 Å². The van der Waals surface area contributed by atoms with E-state index in [1.54, 1.807) is 0 Å². The normalized spacial score (nSPS) is 11.4. The van der Waals surface area contributed by atoms with Crippen LogP contribution >= 0.6 is 0 Å². The summed E-state index contributed by atoms with van der Waals surface area (Å²) in [5.41, 5.74) is 11.2. The van der Waals surface area contributed by atoms with Gasteiger partial charge < -0.3 is 4.42 Å². The molecule has 0 fully saturated rings. The first-order valence-corrected chi connectivity index (χ1v) is 17.8. The summed E-state index contributed by atoms with van der Waals surface area (Å²) in [6, 6.07) is 65.3. The quantitative estimate of drug-likeness (QED) is 0.176. The first-order chi connectivity index (χ1) is 26.2. The Balaban J connectivity index is 1.09. The van der Waals surface area contributed by atoms with E-state index in [2.05, 4.69) is 152 Å². The molecule has 0 spiro atoms. The summed E-state index contributed by atoms with van der Waals surface area (Å²) in [6.45, 7) is 0. The SMILES string of the molecule is c1ccc(-c2ccc(-c3nc(-c4ccc(-c5cc(-c6ccccc6)c6ccccc6c5)cc4)nc(-c4cccc5c4oc4ccccc45)n3)cc2)cc1. The van der Waals surface area contributed by atoms with E-state index < -0.39 is 0 Å². The molecule has 8 aromatic carbocycles. The second kappa shape index (κ2) is 12.9. The zero-order valence-corrected chi connectivity index (χ0v) is 28.6. The lowest BCUT2D eigenvalue weighted by Crippen LogP contribution is -2.00. The maximum Gasteiger partial charge on any atom is 0.167 e. The Morgan fingerprint density at radius 3 is 1.51 bits per heavy atom. The zero-order chi connectivity index (χ0) is 35.1. The van der Waals surface area contributed by atoms with Crippen LogP contribution in [-0.2, 0) is 0 Å². The van der Waals surface area contributed by atoms with Gasteiger partial charge in [0, 0.05) is 21.9 Å². The Kier molecular flexibility index (Phi) is 7.43. The fourth-order valence-corrected chi connectivity index (χ4v) is 7.27. The van der Waals surface area contributed by atoms with Crippen LogP contribution in [0.3, 0.4) is 0 Å². The van der Waals surface area contributed by atoms with Gasteiger partial charge in [-0.2, -0.15) is 0 Å². The predicted molar refractivity (Wildman–Crippen MR) is 217 cm³/mol. The number of hydrogen-bond acceptors (Lipinski definition) is 4. The highest BCUT2D eigenvalue weighted by Crippen LogP contribution is 2.37. The van der Waals surface area contributed by atoms with E-state index in [1.165, 1.54) is 21.9 Å². The van der Waals surface area contributed by atoms with Gasteiger partial charge >= 0.3 is 0 Å². The third-order valence-electron chi connectivity index (χ3n) is 9.95. The minimum atomic E-state index is 0.563. The summed E-state index contributed by atoms with van der Waals surface area (Å²) in [5.74, 6) is 1.76. The Morgan fingerprint density at radius 2 is 0.811 bits per heavy atom. The number of fused-ring (bicyclic) bond motifs is 4. The van der Waals surface area contributed by atoms with E-state index in [-0.39, 0.29) is 0 Å². The second-order valence-corrected chi connectivity index (χ2v) is 13.2. The lowest BCUT2D eigenvalue weighted by atomic mass is 9.93. The van der Waals surface area contributed by atoms with E-state index in [4.69, 9.17) is 19.4 Å². The molecule has 0 amide bonds. The predicted octanol–water partition coefficient (Wildman–Crippen LogP) is 12.9. The first kappa shape index (κ1) is 30.6. The number of nitrogens with zero attached hydrogens (tertiary/aromatic N) is 3. The molecule has 2 heterocycles. The molecule has 0 aliphatic heterocycles. The molecule has 0 bridgehead atoms.